The summed E-state index contributed by atoms with van der Waals surface area (Å²) in [5.74, 6) is -0.110. The van der Waals surface area contributed by atoms with Gasteiger partial charge < -0.3 is 14.6 Å². The Balaban J connectivity index is 1.81. The van der Waals surface area contributed by atoms with Crippen molar-refractivity contribution in [3.63, 3.8) is 0 Å². The van der Waals surface area contributed by atoms with Gasteiger partial charge in [0.15, 0.2) is 0 Å². The van der Waals surface area contributed by atoms with Crippen LogP contribution in [-0.4, -0.2) is 32.3 Å². The van der Waals surface area contributed by atoms with Crippen molar-refractivity contribution in [1.82, 2.24) is 0 Å². The van der Waals surface area contributed by atoms with Crippen molar-refractivity contribution >= 4 is 37.4 Å². The van der Waals surface area contributed by atoms with Crippen molar-refractivity contribution in [2.45, 2.75) is 65.5 Å². The average molecular weight is 409 g/mol. The van der Waals surface area contributed by atoms with Crippen molar-refractivity contribution in [2.75, 3.05) is 5.32 Å². The molecular formula is C23H32BNO3Si. The predicted octanol–water partition coefficient (Wildman–Crippen LogP) is 4.09. The first-order valence-electron chi connectivity index (χ1n) is 10.2. The van der Waals surface area contributed by atoms with Gasteiger partial charge in [0.2, 0.25) is 0 Å². The number of hydrogen-bond acceptors (Lipinski definition) is 3. The fourth-order valence-corrected chi connectivity index (χ4v) is 4.50. The van der Waals surface area contributed by atoms with E-state index in [9.17, 15) is 4.79 Å². The van der Waals surface area contributed by atoms with Crippen molar-refractivity contribution < 1.29 is 14.1 Å². The molecule has 4 nitrogen and oxygen atoms in total. The van der Waals surface area contributed by atoms with E-state index in [0.717, 1.165) is 16.7 Å². The molecule has 1 heterocycles. The minimum absolute atomic E-state index is 0.110. The Bertz CT molecular complexity index is 901. The molecule has 1 aliphatic rings. The number of hydrogen-bond donors (Lipinski definition) is 1. The third-order valence-corrected chi connectivity index (χ3v) is 8.21. The lowest BCUT2D eigenvalue weighted by Crippen LogP contribution is -2.41. The molecule has 0 atom stereocenters. The summed E-state index contributed by atoms with van der Waals surface area (Å²) in [5.41, 5.74) is 2.53. The van der Waals surface area contributed by atoms with Crippen LogP contribution in [-0.2, 0) is 9.31 Å². The summed E-state index contributed by atoms with van der Waals surface area (Å²) in [6.45, 7) is 17.0. The lowest BCUT2D eigenvalue weighted by molar-refractivity contribution is 0.00578. The Kier molecular flexibility index (Phi) is 5.58. The Hall–Kier alpha value is -1.89. The summed E-state index contributed by atoms with van der Waals surface area (Å²) in [7, 11) is -1.83. The number of benzene rings is 2. The van der Waals surface area contributed by atoms with E-state index < -0.39 is 26.4 Å². The Morgan fingerprint density at radius 2 is 1.48 bits per heavy atom. The molecule has 1 saturated heterocycles. The topological polar surface area (TPSA) is 47.6 Å². The second kappa shape index (κ2) is 7.42. The van der Waals surface area contributed by atoms with Gasteiger partial charge in [-0.3, -0.25) is 4.79 Å². The van der Waals surface area contributed by atoms with Crippen LogP contribution in [0.4, 0.5) is 5.69 Å². The van der Waals surface area contributed by atoms with Gasteiger partial charge in [0.1, 0.15) is 0 Å². The summed E-state index contributed by atoms with van der Waals surface area (Å²) >= 11 is 0. The molecule has 1 N–H and O–H groups in total. The minimum Gasteiger partial charge on any atom is -0.399 e. The Morgan fingerprint density at radius 3 is 2.00 bits per heavy atom. The van der Waals surface area contributed by atoms with Crippen LogP contribution >= 0.6 is 0 Å². The third-order valence-electron chi connectivity index (χ3n) is 6.14. The zero-order valence-corrected chi connectivity index (χ0v) is 19.8. The van der Waals surface area contributed by atoms with Gasteiger partial charge in [-0.1, -0.05) is 49.1 Å². The van der Waals surface area contributed by atoms with Gasteiger partial charge in [0.05, 0.1) is 19.3 Å². The van der Waals surface area contributed by atoms with E-state index in [0.29, 0.717) is 5.56 Å². The third kappa shape index (κ3) is 4.34. The first-order valence-corrected chi connectivity index (χ1v) is 13.7. The van der Waals surface area contributed by atoms with Crippen LogP contribution in [0.1, 0.15) is 43.6 Å². The first kappa shape index (κ1) is 21.8. The van der Waals surface area contributed by atoms with Crippen molar-refractivity contribution in [3.05, 3.63) is 53.6 Å². The number of carbonyl (C=O) groups is 1. The normalized spacial score (nSPS) is 18.0. The van der Waals surface area contributed by atoms with E-state index in [4.69, 9.17) is 9.31 Å². The number of anilines is 1. The van der Waals surface area contributed by atoms with Gasteiger partial charge in [0, 0.05) is 11.3 Å². The predicted molar refractivity (Wildman–Crippen MR) is 124 cm³/mol. The summed E-state index contributed by atoms with van der Waals surface area (Å²) < 4.78 is 12.4. The SMILES string of the molecule is Cc1c(NC(=O)c2ccc([Si](C)(C)C)cc2)cccc1B1OC(C)(C)C(C)(C)O1. The van der Waals surface area contributed by atoms with Gasteiger partial charge in [-0.2, -0.15) is 0 Å². The minimum atomic E-state index is -1.38. The molecule has 0 unspecified atom stereocenters. The second-order valence-corrected chi connectivity index (χ2v) is 15.0. The maximum Gasteiger partial charge on any atom is 0.495 e. The molecular weight excluding hydrogens is 377 g/mol. The number of amides is 1. The molecule has 0 spiro atoms. The zero-order valence-electron chi connectivity index (χ0n) is 18.8. The van der Waals surface area contributed by atoms with E-state index >= 15 is 0 Å². The standard InChI is InChI=1S/C23H32BNO3Si/c1-16-19(24-27-22(2,3)23(4,5)28-24)10-9-11-20(16)25-21(26)17-12-14-18(15-13-17)29(6,7)8/h9-15H,1-8H3,(H,25,26). The maximum absolute atomic E-state index is 12.8. The summed E-state index contributed by atoms with van der Waals surface area (Å²) in [4.78, 5) is 12.8. The number of rotatable bonds is 4. The van der Waals surface area contributed by atoms with E-state index in [2.05, 4.69) is 37.1 Å². The van der Waals surface area contributed by atoms with Gasteiger partial charge in [0.25, 0.3) is 5.91 Å². The molecule has 0 aromatic heterocycles. The van der Waals surface area contributed by atoms with Crippen molar-refractivity contribution in [2.24, 2.45) is 0 Å². The lowest BCUT2D eigenvalue weighted by atomic mass is 9.76. The molecule has 0 radical (unpaired) electrons. The highest BCUT2D eigenvalue weighted by molar-refractivity contribution is 6.88. The van der Waals surface area contributed by atoms with E-state index in [1.165, 1.54) is 5.19 Å². The molecule has 6 heteroatoms. The van der Waals surface area contributed by atoms with Crippen molar-refractivity contribution in [1.29, 1.82) is 0 Å². The quantitative estimate of drug-likeness (QED) is 0.774. The highest BCUT2D eigenvalue weighted by atomic mass is 28.3. The molecule has 2 aromatic carbocycles. The molecule has 1 aliphatic heterocycles. The monoisotopic (exact) mass is 409 g/mol. The van der Waals surface area contributed by atoms with Gasteiger partial charge in [-0.15, -0.1) is 0 Å². The van der Waals surface area contributed by atoms with Crippen LogP contribution in [0.25, 0.3) is 0 Å². The van der Waals surface area contributed by atoms with Crippen LogP contribution < -0.4 is 16.0 Å². The zero-order chi connectivity index (χ0) is 21.6. The molecule has 0 aliphatic carbocycles. The molecule has 29 heavy (non-hydrogen) atoms. The highest BCUT2D eigenvalue weighted by Gasteiger charge is 2.52. The summed E-state index contributed by atoms with van der Waals surface area (Å²) in [5, 5.41) is 4.39. The first-order chi connectivity index (χ1) is 13.3. The summed E-state index contributed by atoms with van der Waals surface area (Å²) in [6.07, 6.45) is 0. The molecule has 0 saturated carbocycles. The fourth-order valence-electron chi connectivity index (χ4n) is 3.33. The van der Waals surface area contributed by atoms with Gasteiger partial charge in [-0.05, 0) is 63.8 Å². The number of nitrogens with one attached hydrogen (secondary N) is 1. The van der Waals surface area contributed by atoms with Crippen LogP contribution in [0, 0.1) is 6.92 Å². The average Bonchev–Trinajstić information content (AvgIpc) is 2.83. The van der Waals surface area contributed by atoms with Crippen molar-refractivity contribution in [3.8, 4) is 0 Å². The van der Waals surface area contributed by atoms with E-state index in [-0.39, 0.29) is 5.91 Å². The smallest absolute Gasteiger partial charge is 0.399 e. The molecule has 0 bridgehead atoms. The lowest BCUT2D eigenvalue weighted by Gasteiger charge is -2.32. The largest absolute Gasteiger partial charge is 0.495 e. The van der Waals surface area contributed by atoms with Crippen LogP contribution in [0.15, 0.2) is 42.5 Å². The van der Waals surface area contributed by atoms with E-state index in [1.807, 2.05) is 65.0 Å². The Labute approximate surface area is 176 Å². The Morgan fingerprint density at radius 1 is 0.931 bits per heavy atom. The highest BCUT2D eigenvalue weighted by Crippen LogP contribution is 2.37. The molecule has 1 amide bonds. The molecule has 154 valence electrons. The number of carbonyl (C=O) groups excluding carboxylic acids is 1. The molecule has 2 aromatic rings. The molecule has 3 rings (SSSR count). The van der Waals surface area contributed by atoms with E-state index in [1.54, 1.807) is 0 Å². The van der Waals surface area contributed by atoms with Gasteiger partial charge in [-0.25, -0.2) is 0 Å². The van der Waals surface area contributed by atoms with Gasteiger partial charge >= 0.3 is 7.12 Å². The molecule has 1 fully saturated rings. The fraction of sp³-hybridized carbons (Fsp3) is 0.435. The maximum atomic E-state index is 12.8. The second-order valence-electron chi connectivity index (χ2n) is 9.89. The van der Waals surface area contributed by atoms with Crippen LogP contribution in [0.2, 0.25) is 19.6 Å². The van der Waals surface area contributed by atoms with Crippen LogP contribution in [0.5, 0.6) is 0 Å². The van der Waals surface area contributed by atoms with Crippen LogP contribution in [0.3, 0.4) is 0 Å². The summed E-state index contributed by atoms with van der Waals surface area (Å²) in [6, 6.07) is 13.8.